The summed E-state index contributed by atoms with van der Waals surface area (Å²) in [5.74, 6) is -0.267. The van der Waals surface area contributed by atoms with Gasteiger partial charge in [0.25, 0.3) is 0 Å². The third-order valence-electron chi connectivity index (χ3n) is 5.44. The molecule has 30 heavy (non-hydrogen) atoms. The van der Waals surface area contributed by atoms with Crippen LogP contribution in [-0.4, -0.2) is 21.6 Å². The second-order valence-electron chi connectivity index (χ2n) is 8.70. The molecule has 1 aliphatic rings. The number of para-hydroxylation sites is 1. The Morgan fingerprint density at radius 3 is 2.60 bits per heavy atom. The van der Waals surface area contributed by atoms with E-state index in [1.54, 1.807) is 16.9 Å². The van der Waals surface area contributed by atoms with Crippen LogP contribution in [0, 0.1) is 0 Å². The molecule has 4 rings (SSSR count). The first-order valence-corrected chi connectivity index (χ1v) is 10.1. The molecule has 6 nitrogen and oxygen atoms in total. The Morgan fingerprint density at radius 1 is 1.13 bits per heavy atom. The summed E-state index contributed by atoms with van der Waals surface area (Å²) in [6.07, 6.45) is 1.80. The third kappa shape index (κ3) is 4.13. The minimum absolute atomic E-state index is 0.103. The molecule has 154 valence electrons. The van der Waals surface area contributed by atoms with Gasteiger partial charge in [0.05, 0.1) is 18.7 Å². The summed E-state index contributed by atoms with van der Waals surface area (Å²) in [4.78, 5) is 25.0. The van der Waals surface area contributed by atoms with Gasteiger partial charge in [-0.15, -0.1) is 0 Å². The van der Waals surface area contributed by atoms with Gasteiger partial charge in [0, 0.05) is 18.2 Å². The fourth-order valence-corrected chi connectivity index (χ4v) is 3.71. The van der Waals surface area contributed by atoms with Crippen molar-refractivity contribution in [2.75, 3.05) is 10.6 Å². The number of anilines is 2. The van der Waals surface area contributed by atoms with Crippen molar-refractivity contribution in [2.45, 2.75) is 45.1 Å². The maximum atomic E-state index is 13.0. The average Bonchev–Trinajstić information content (AvgIpc) is 3.13. The summed E-state index contributed by atoms with van der Waals surface area (Å²) in [7, 11) is 0. The summed E-state index contributed by atoms with van der Waals surface area (Å²) < 4.78 is 1.76. The lowest BCUT2D eigenvalue weighted by Crippen LogP contribution is -2.31. The summed E-state index contributed by atoms with van der Waals surface area (Å²) in [6, 6.07) is 17.7. The molecule has 0 fully saturated rings. The molecule has 0 radical (unpaired) electrons. The maximum Gasteiger partial charge on any atom is 0.233 e. The van der Waals surface area contributed by atoms with Crippen LogP contribution >= 0.6 is 0 Å². The molecule has 2 amide bonds. The number of carbonyl (C=O) groups excluding carboxylic acids is 2. The van der Waals surface area contributed by atoms with Gasteiger partial charge in [-0.25, -0.2) is 4.68 Å². The largest absolute Gasteiger partial charge is 0.326 e. The SMILES string of the molecule is CC(C)(C)c1ccc(Cn2nccc2NC(=O)C2CC(=O)Nc3ccccc32)cc1. The first-order chi connectivity index (χ1) is 14.3. The first kappa shape index (κ1) is 19.9. The number of nitrogens with one attached hydrogen (secondary N) is 2. The minimum atomic E-state index is -0.524. The quantitative estimate of drug-likeness (QED) is 0.683. The maximum absolute atomic E-state index is 13.0. The van der Waals surface area contributed by atoms with Crippen molar-refractivity contribution in [2.24, 2.45) is 0 Å². The topological polar surface area (TPSA) is 76.0 Å². The van der Waals surface area contributed by atoms with Gasteiger partial charge in [0.2, 0.25) is 11.8 Å². The van der Waals surface area contributed by atoms with E-state index in [2.05, 4.69) is 60.8 Å². The van der Waals surface area contributed by atoms with Crippen LogP contribution in [-0.2, 0) is 21.5 Å². The van der Waals surface area contributed by atoms with Crippen molar-refractivity contribution in [3.8, 4) is 0 Å². The van der Waals surface area contributed by atoms with Gasteiger partial charge >= 0.3 is 0 Å². The van der Waals surface area contributed by atoms with E-state index in [1.807, 2.05) is 24.3 Å². The molecular weight excluding hydrogens is 376 g/mol. The zero-order chi connectivity index (χ0) is 21.3. The molecule has 3 aromatic rings. The van der Waals surface area contributed by atoms with E-state index in [9.17, 15) is 9.59 Å². The van der Waals surface area contributed by atoms with Crippen molar-refractivity contribution in [1.82, 2.24) is 9.78 Å². The molecule has 6 heteroatoms. The molecule has 1 atom stereocenters. The number of rotatable bonds is 4. The van der Waals surface area contributed by atoms with Crippen LogP contribution in [0.1, 0.15) is 49.8 Å². The van der Waals surface area contributed by atoms with Gasteiger partial charge in [-0.2, -0.15) is 5.10 Å². The summed E-state index contributed by atoms with van der Waals surface area (Å²) in [5, 5.41) is 10.1. The van der Waals surface area contributed by atoms with E-state index in [0.717, 1.165) is 11.1 Å². The van der Waals surface area contributed by atoms with Gasteiger partial charge in [0.1, 0.15) is 5.82 Å². The van der Waals surface area contributed by atoms with Crippen LogP contribution in [0.4, 0.5) is 11.5 Å². The van der Waals surface area contributed by atoms with Crippen LogP contribution in [0.2, 0.25) is 0 Å². The molecule has 0 bridgehead atoms. The van der Waals surface area contributed by atoms with Gasteiger partial charge in [-0.3, -0.25) is 9.59 Å². The van der Waals surface area contributed by atoms with Crippen LogP contribution in [0.25, 0.3) is 0 Å². The molecule has 0 spiro atoms. The van der Waals surface area contributed by atoms with Crippen LogP contribution < -0.4 is 10.6 Å². The van der Waals surface area contributed by atoms with E-state index in [-0.39, 0.29) is 23.7 Å². The molecule has 1 aliphatic heterocycles. The summed E-state index contributed by atoms with van der Waals surface area (Å²) >= 11 is 0. The normalized spacial score (nSPS) is 16.0. The summed E-state index contributed by atoms with van der Waals surface area (Å²) in [6.45, 7) is 7.11. The Morgan fingerprint density at radius 2 is 1.87 bits per heavy atom. The highest BCUT2D eigenvalue weighted by molar-refractivity contribution is 6.04. The van der Waals surface area contributed by atoms with Crippen molar-refractivity contribution < 1.29 is 9.59 Å². The standard InChI is InChI=1S/C24H26N4O2/c1-24(2,3)17-10-8-16(9-11-17)15-28-21(12-13-25-28)27-23(30)19-14-22(29)26-20-7-5-4-6-18(19)20/h4-13,19H,14-15H2,1-3H3,(H,26,29)(H,27,30). The van der Waals surface area contributed by atoms with Gasteiger partial charge in [0.15, 0.2) is 0 Å². The van der Waals surface area contributed by atoms with Gasteiger partial charge in [-0.1, -0.05) is 63.2 Å². The van der Waals surface area contributed by atoms with Crippen LogP contribution in [0.15, 0.2) is 60.8 Å². The predicted molar refractivity (Wildman–Crippen MR) is 118 cm³/mol. The number of aromatic nitrogens is 2. The lowest BCUT2D eigenvalue weighted by molar-refractivity contribution is -0.123. The third-order valence-corrected chi connectivity index (χ3v) is 5.44. The number of hydrogen-bond acceptors (Lipinski definition) is 3. The molecule has 0 aliphatic carbocycles. The highest BCUT2D eigenvalue weighted by atomic mass is 16.2. The number of nitrogens with zero attached hydrogens (tertiary/aromatic N) is 2. The van der Waals surface area contributed by atoms with E-state index in [4.69, 9.17) is 0 Å². The second-order valence-corrected chi connectivity index (χ2v) is 8.70. The van der Waals surface area contributed by atoms with E-state index < -0.39 is 5.92 Å². The molecule has 2 aromatic carbocycles. The van der Waals surface area contributed by atoms with E-state index in [1.165, 1.54) is 5.56 Å². The fraction of sp³-hybridized carbons (Fsp3) is 0.292. The Labute approximate surface area is 176 Å². The highest BCUT2D eigenvalue weighted by Gasteiger charge is 2.30. The predicted octanol–water partition coefficient (Wildman–Crippen LogP) is 4.29. The van der Waals surface area contributed by atoms with E-state index in [0.29, 0.717) is 18.1 Å². The van der Waals surface area contributed by atoms with E-state index >= 15 is 0 Å². The number of fused-ring (bicyclic) bond motifs is 1. The Kier molecular flexibility index (Phi) is 5.16. The smallest absolute Gasteiger partial charge is 0.233 e. The molecular formula is C24H26N4O2. The molecule has 2 heterocycles. The average molecular weight is 402 g/mol. The molecule has 1 unspecified atom stereocenters. The van der Waals surface area contributed by atoms with Crippen molar-refractivity contribution in [1.29, 1.82) is 0 Å². The molecule has 1 aromatic heterocycles. The number of hydrogen-bond donors (Lipinski definition) is 2. The molecule has 2 N–H and O–H groups in total. The number of benzene rings is 2. The lowest BCUT2D eigenvalue weighted by Gasteiger charge is -2.24. The number of amides is 2. The zero-order valence-corrected chi connectivity index (χ0v) is 17.5. The highest BCUT2D eigenvalue weighted by Crippen LogP contribution is 2.33. The Balaban J connectivity index is 1.50. The Hall–Kier alpha value is -3.41. The lowest BCUT2D eigenvalue weighted by atomic mass is 9.87. The minimum Gasteiger partial charge on any atom is -0.326 e. The van der Waals surface area contributed by atoms with Crippen molar-refractivity contribution >= 4 is 23.3 Å². The zero-order valence-electron chi connectivity index (χ0n) is 17.5. The number of carbonyl (C=O) groups is 2. The van der Waals surface area contributed by atoms with Crippen molar-refractivity contribution in [3.63, 3.8) is 0 Å². The van der Waals surface area contributed by atoms with Crippen LogP contribution in [0.3, 0.4) is 0 Å². The summed E-state index contributed by atoms with van der Waals surface area (Å²) in [5.41, 5.74) is 4.00. The fourth-order valence-electron chi connectivity index (χ4n) is 3.71. The van der Waals surface area contributed by atoms with Crippen molar-refractivity contribution in [3.05, 3.63) is 77.5 Å². The Bertz CT molecular complexity index is 1080. The molecule has 0 saturated carbocycles. The van der Waals surface area contributed by atoms with Gasteiger partial charge < -0.3 is 10.6 Å². The molecule has 0 saturated heterocycles. The van der Waals surface area contributed by atoms with Crippen LogP contribution in [0.5, 0.6) is 0 Å². The van der Waals surface area contributed by atoms with Gasteiger partial charge in [-0.05, 0) is 28.2 Å². The second kappa shape index (κ2) is 7.78. The monoisotopic (exact) mass is 402 g/mol. The first-order valence-electron chi connectivity index (χ1n) is 10.1.